The Kier molecular flexibility index (Phi) is 8.64. The number of carbonyl (C=O) groups is 1. The van der Waals surface area contributed by atoms with Crippen molar-refractivity contribution in [2.24, 2.45) is 0 Å². The third kappa shape index (κ3) is 6.81. The number of nitrogens with one attached hydrogen (secondary N) is 2. The first-order chi connectivity index (χ1) is 22.0. The zero-order chi connectivity index (χ0) is 32.5. The molecular weight excluding hydrogens is 621 g/mol. The van der Waals surface area contributed by atoms with Crippen molar-refractivity contribution < 1.29 is 36.2 Å². The van der Waals surface area contributed by atoms with E-state index < -0.39 is 46.4 Å². The van der Waals surface area contributed by atoms with Crippen LogP contribution in [0.4, 0.5) is 35.0 Å². The number of hydrogen-bond donors (Lipinski definition) is 3. The summed E-state index contributed by atoms with van der Waals surface area (Å²) in [5, 5.41) is 14.8. The van der Waals surface area contributed by atoms with E-state index in [4.69, 9.17) is 0 Å². The molecule has 2 aliphatic heterocycles. The number of rotatable bonds is 6. The van der Waals surface area contributed by atoms with Gasteiger partial charge in [-0.1, -0.05) is 54.6 Å². The molecule has 0 bridgehead atoms. The van der Waals surface area contributed by atoms with Crippen LogP contribution < -0.4 is 19.7 Å². The minimum atomic E-state index is -4.94. The molecule has 3 atom stereocenters. The first kappa shape index (κ1) is 31.4. The number of hydrogen-bond acceptors (Lipinski definition) is 6. The van der Waals surface area contributed by atoms with Crippen molar-refractivity contribution in [3.63, 3.8) is 0 Å². The van der Waals surface area contributed by atoms with E-state index in [9.17, 15) is 31.5 Å². The van der Waals surface area contributed by atoms with Crippen LogP contribution in [0.5, 0.6) is 5.75 Å². The normalized spacial score (nSPS) is 19.9. The molecule has 2 amide bonds. The van der Waals surface area contributed by atoms with Gasteiger partial charge in [0.15, 0.2) is 0 Å². The predicted octanol–water partition coefficient (Wildman–Crippen LogP) is 5.45. The van der Waals surface area contributed by atoms with Crippen LogP contribution in [0.3, 0.4) is 0 Å². The van der Waals surface area contributed by atoms with Crippen LogP contribution in [0.15, 0.2) is 108 Å². The third-order valence-electron chi connectivity index (χ3n) is 8.12. The highest BCUT2D eigenvalue weighted by molar-refractivity contribution is 7.89. The minimum absolute atomic E-state index is 0.0597. The molecule has 1 saturated heterocycles. The number of ether oxygens (including phenoxy) is 1. The monoisotopic (exact) mass is 652 g/mol. The van der Waals surface area contributed by atoms with E-state index >= 15 is 0 Å². The zero-order valence-electron chi connectivity index (χ0n) is 24.4. The zero-order valence-corrected chi connectivity index (χ0v) is 25.2. The molecule has 1 unspecified atom stereocenters. The highest BCUT2D eigenvalue weighted by Crippen LogP contribution is 2.39. The molecule has 13 heteroatoms. The van der Waals surface area contributed by atoms with Gasteiger partial charge in [0, 0.05) is 30.2 Å². The van der Waals surface area contributed by atoms with Crippen molar-refractivity contribution in [2.75, 3.05) is 23.3 Å². The molecule has 4 aromatic rings. The van der Waals surface area contributed by atoms with Gasteiger partial charge in [0.05, 0.1) is 23.1 Å². The number of nitrogens with zero attached hydrogens (tertiary/aromatic N) is 2. The highest BCUT2D eigenvalue weighted by atomic mass is 32.2. The Hall–Kier alpha value is -4.59. The van der Waals surface area contributed by atoms with Crippen LogP contribution >= 0.6 is 0 Å². The fraction of sp³-hybridized carbons (Fsp3) is 0.242. The maximum Gasteiger partial charge on any atom is 0.573 e. The molecule has 0 radical (unpaired) electrons. The summed E-state index contributed by atoms with van der Waals surface area (Å²) in [6.07, 6.45) is -4.75. The number of carbonyl (C=O) groups excluding carboxylic acids is 1. The number of anilines is 3. The number of halogens is 3. The third-order valence-corrected chi connectivity index (χ3v) is 9.62. The van der Waals surface area contributed by atoms with E-state index in [0.717, 1.165) is 59.6 Å². The molecular formula is C33H31F3N4O5S. The van der Waals surface area contributed by atoms with Gasteiger partial charge in [0.1, 0.15) is 5.75 Å². The summed E-state index contributed by atoms with van der Waals surface area (Å²) in [6, 6.07) is 25.7. The Balaban J connectivity index is 1.36. The number of urea groups is 1. The maximum absolute atomic E-state index is 13.6. The van der Waals surface area contributed by atoms with Crippen molar-refractivity contribution in [2.45, 2.75) is 42.3 Å². The van der Waals surface area contributed by atoms with Crippen LogP contribution in [0.25, 0.3) is 0 Å². The molecule has 3 N–H and O–H groups in total. The summed E-state index contributed by atoms with van der Waals surface area (Å²) < 4.78 is 71.4. The number of piperidine rings is 1. The minimum Gasteiger partial charge on any atom is -0.406 e. The summed E-state index contributed by atoms with van der Waals surface area (Å²) in [4.78, 5) is 16.7. The Morgan fingerprint density at radius 3 is 1.96 bits per heavy atom. The van der Waals surface area contributed by atoms with Crippen molar-refractivity contribution >= 4 is 33.1 Å². The number of alkyl halides is 3. The average molecular weight is 653 g/mol. The van der Waals surface area contributed by atoms with E-state index in [1.54, 1.807) is 24.3 Å². The Labute approximate surface area is 264 Å². The largest absolute Gasteiger partial charge is 0.573 e. The summed E-state index contributed by atoms with van der Waals surface area (Å²) in [5.41, 5.74) is 4.29. The fourth-order valence-electron chi connectivity index (χ4n) is 6.01. The number of para-hydroxylation sites is 3. The van der Waals surface area contributed by atoms with Crippen LogP contribution in [-0.4, -0.2) is 62.1 Å². The Bertz CT molecular complexity index is 1760. The second-order valence-electron chi connectivity index (χ2n) is 11.1. The Morgan fingerprint density at radius 2 is 1.37 bits per heavy atom. The van der Waals surface area contributed by atoms with Crippen molar-refractivity contribution in [3.05, 3.63) is 114 Å². The summed E-state index contributed by atoms with van der Waals surface area (Å²) >= 11 is 0. The number of fused-ring (bicyclic) bond motifs is 2. The Morgan fingerprint density at radius 1 is 0.804 bits per heavy atom. The van der Waals surface area contributed by atoms with Crippen LogP contribution in [0.2, 0.25) is 0 Å². The van der Waals surface area contributed by atoms with Crippen molar-refractivity contribution in [3.8, 4) is 5.75 Å². The molecule has 4 aromatic carbocycles. The molecule has 1 fully saturated rings. The maximum atomic E-state index is 13.6. The van der Waals surface area contributed by atoms with Gasteiger partial charge < -0.3 is 25.0 Å². The number of amides is 2. The number of aryl methyl sites for hydroxylation is 2. The highest BCUT2D eigenvalue weighted by Gasteiger charge is 2.44. The molecule has 2 heterocycles. The van der Waals surface area contributed by atoms with Crippen LogP contribution in [0, 0.1) is 0 Å². The van der Waals surface area contributed by atoms with Gasteiger partial charge in [-0.3, -0.25) is 0 Å². The van der Waals surface area contributed by atoms with E-state index in [1.807, 2.05) is 59.5 Å². The fourth-order valence-corrected chi connectivity index (χ4v) is 7.25. The summed E-state index contributed by atoms with van der Waals surface area (Å²) in [5.74, 6) is -0.577. The van der Waals surface area contributed by atoms with E-state index in [-0.39, 0.29) is 18.0 Å². The van der Waals surface area contributed by atoms with Gasteiger partial charge in [0.2, 0.25) is 10.0 Å². The lowest BCUT2D eigenvalue weighted by Crippen LogP contribution is -2.66. The van der Waals surface area contributed by atoms with Gasteiger partial charge in [0.25, 0.3) is 0 Å². The van der Waals surface area contributed by atoms with E-state index in [0.29, 0.717) is 5.69 Å². The molecule has 0 saturated carbocycles. The lowest BCUT2D eigenvalue weighted by Gasteiger charge is -2.47. The molecule has 9 nitrogen and oxygen atoms in total. The number of sulfonamides is 1. The van der Waals surface area contributed by atoms with Gasteiger partial charge in [-0.25, -0.2) is 17.9 Å². The molecule has 0 spiro atoms. The van der Waals surface area contributed by atoms with Crippen LogP contribution in [0.1, 0.15) is 11.1 Å². The molecule has 0 aromatic heterocycles. The molecule has 240 valence electrons. The van der Waals surface area contributed by atoms with Gasteiger partial charge >= 0.3 is 12.4 Å². The quantitative estimate of drug-likeness (QED) is 0.256. The summed E-state index contributed by atoms with van der Waals surface area (Å²) in [7, 11) is -4.37. The second kappa shape index (κ2) is 12.7. The molecule has 0 aliphatic carbocycles. The molecule has 6 rings (SSSR count). The van der Waals surface area contributed by atoms with Gasteiger partial charge in [-0.2, -0.15) is 0 Å². The van der Waals surface area contributed by atoms with Crippen molar-refractivity contribution in [1.29, 1.82) is 0 Å². The number of aliphatic hydroxyl groups excluding tert-OH is 1. The van der Waals surface area contributed by atoms with E-state index in [2.05, 4.69) is 14.8 Å². The smallest absolute Gasteiger partial charge is 0.406 e. The number of likely N-dealkylation sites (tertiary alicyclic amines) is 1. The van der Waals surface area contributed by atoms with Crippen LogP contribution in [-0.2, 0) is 22.9 Å². The van der Waals surface area contributed by atoms with Gasteiger partial charge in [-0.15, -0.1) is 13.2 Å². The molecule has 2 aliphatic rings. The average Bonchev–Trinajstić information content (AvgIpc) is 3.19. The first-order valence-electron chi connectivity index (χ1n) is 14.6. The molecule has 46 heavy (non-hydrogen) atoms. The number of aliphatic hydroxyl groups is 1. The predicted molar refractivity (Wildman–Crippen MR) is 166 cm³/mol. The van der Waals surface area contributed by atoms with Gasteiger partial charge in [-0.05, 0) is 72.5 Å². The second-order valence-corrected chi connectivity index (χ2v) is 12.8. The lowest BCUT2D eigenvalue weighted by molar-refractivity contribution is -0.274. The summed E-state index contributed by atoms with van der Waals surface area (Å²) in [6.45, 7) is -0.119. The number of benzene rings is 4. The standard InChI is InChI=1S/C33H31F3N4O5S/c34-33(35,36)45-25-16-18-26(19-17-25)46(43,44)38-27-20-39(32(42)37-24-10-2-1-3-11-24)21-30(31(27)41)40-28-12-6-4-8-22(28)14-15-23-9-5-7-13-29(23)40/h1-13,16-19,27,30-31,38,41H,14-15,20-21H2,(H,37,42)/t27-,30?,31+/m1/s1. The SMILES string of the molecule is O=C(Nc1ccccc1)N1CC(N2c3ccccc3CCc3ccccc32)[C@@H](O)[C@H](NS(=O)(=O)c2ccc(OC(F)(F)F)cc2)C1. The topological polar surface area (TPSA) is 111 Å². The van der Waals surface area contributed by atoms with E-state index in [1.165, 1.54) is 4.90 Å². The lowest BCUT2D eigenvalue weighted by atomic mass is 9.94. The first-order valence-corrected chi connectivity index (χ1v) is 16.1. The van der Waals surface area contributed by atoms with Crippen molar-refractivity contribution in [1.82, 2.24) is 9.62 Å².